The summed E-state index contributed by atoms with van der Waals surface area (Å²) in [4.78, 5) is 1.42. The molecule has 0 aromatic carbocycles. The van der Waals surface area contributed by atoms with Crippen molar-refractivity contribution in [1.29, 1.82) is 0 Å². The molecule has 98 valence electrons. The molecule has 0 fully saturated rings. The fourth-order valence-electron chi connectivity index (χ4n) is 1.96. The van der Waals surface area contributed by atoms with Crippen molar-refractivity contribution in [3.05, 3.63) is 46.0 Å². The molecule has 0 bridgehead atoms. The molecule has 1 N–H and O–H groups in total. The Hall–Kier alpha value is -1.06. The number of hydrogen-bond donors (Lipinski definition) is 1. The van der Waals surface area contributed by atoms with Crippen LogP contribution in [0.4, 0.5) is 0 Å². The fourth-order valence-corrected chi connectivity index (χ4v) is 2.81. The average Bonchev–Trinajstić information content (AvgIpc) is 3.00. The van der Waals surface area contributed by atoms with Gasteiger partial charge in [-0.3, -0.25) is 0 Å². The Bertz CT molecular complexity index is 470. The van der Waals surface area contributed by atoms with E-state index >= 15 is 0 Å². The maximum atomic E-state index is 5.68. The van der Waals surface area contributed by atoms with Gasteiger partial charge in [-0.1, -0.05) is 26.8 Å². The van der Waals surface area contributed by atoms with E-state index in [1.54, 1.807) is 0 Å². The van der Waals surface area contributed by atoms with Crippen molar-refractivity contribution in [2.75, 3.05) is 6.54 Å². The minimum atomic E-state index is 0.175. The third kappa shape index (κ3) is 3.24. The van der Waals surface area contributed by atoms with E-state index in [-0.39, 0.29) is 5.41 Å². The Labute approximate surface area is 113 Å². The molecule has 0 spiro atoms. The van der Waals surface area contributed by atoms with Crippen LogP contribution >= 0.6 is 11.3 Å². The molecule has 0 amide bonds. The number of hydrogen-bond acceptors (Lipinski definition) is 3. The van der Waals surface area contributed by atoms with Crippen LogP contribution in [0.2, 0.25) is 0 Å². The summed E-state index contributed by atoms with van der Waals surface area (Å²) in [5.41, 5.74) is 0.175. The summed E-state index contributed by atoms with van der Waals surface area (Å²) in [6.07, 6.45) is 0.959. The van der Waals surface area contributed by atoms with Crippen LogP contribution in [0.15, 0.2) is 34.1 Å². The number of aryl methyl sites for hydroxylation is 1. The molecule has 18 heavy (non-hydrogen) atoms. The summed E-state index contributed by atoms with van der Waals surface area (Å²) in [7, 11) is 0. The SMILES string of the molecule is CCc1ccc(CNCC(C)(C)c2cccs2)o1. The standard InChI is InChI=1S/C15H21NOS/c1-4-12-7-8-13(17-12)10-16-11-15(2,3)14-6-5-9-18-14/h5-9,16H,4,10-11H2,1-3H3. The van der Waals surface area contributed by atoms with E-state index in [1.165, 1.54) is 4.88 Å². The van der Waals surface area contributed by atoms with E-state index in [9.17, 15) is 0 Å². The van der Waals surface area contributed by atoms with E-state index in [2.05, 4.69) is 55.7 Å². The second-order valence-electron chi connectivity index (χ2n) is 5.19. The second kappa shape index (κ2) is 5.72. The Morgan fingerprint density at radius 2 is 2.00 bits per heavy atom. The highest BCUT2D eigenvalue weighted by molar-refractivity contribution is 7.10. The minimum Gasteiger partial charge on any atom is -0.465 e. The average molecular weight is 263 g/mol. The van der Waals surface area contributed by atoms with Gasteiger partial charge in [0.05, 0.1) is 6.54 Å². The number of rotatable bonds is 6. The van der Waals surface area contributed by atoms with E-state index < -0.39 is 0 Å². The van der Waals surface area contributed by atoms with Gasteiger partial charge in [0.1, 0.15) is 11.5 Å². The van der Waals surface area contributed by atoms with Crippen molar-refractivity contribution in [1.82, 2.24) is 5.32 Å². The zero-order chi connectivity index (χ0) is 13.0. The van der Waals surface area contributed by atoms with Crippen LogP contribution in [-0.2, 0) is 18.4 Å². The fraction of sp³-hybridized carbons (Fsp3) is 0.467. The van der Waals surface area contributed by atoms with Gasteiger partial charge >= 0.3 is 0 Å². The molecule has 0 aliphatic rings. The Kier molecular flexibility index (Phi) is 4.25. The lowest BCUT2D eigenvalue weighted by Crippen LogP contribution is -2.31. The maximum absolute atomic E-state index is 5.68. The summed E-state index contributed by atoms with van der Waals surface area (Å²) in [5, 5.41) is 5.62. The number of furan rings is 1. The quantitative estimate of drug-likeness (QED) is 0.853. The highest BCUT2D eigenvalue weighted by atomic mass is 32.1. The molecular formula is C15H21NOS. The molecule has 2 nitrogen and oxygen atoms in total. The molecule has 0 aliphatic heterocycles. The van der Waals surface area contributed by atoms with Crippen molar-refractivity contribution in [2.24, 2.45) is 0 Å². The summed E-state index contributed by atoms with van der Waals surface area (Å²) in [5.74, 6) is 2.08. The van der Waals surface area contributed by atoms with E-state index in [1.807, 2.05) is 11.3 Å². The first-order valence-electron chi connectivity index (χ1n) is 6.44. The summed E-state index contributed by atoms with van der Waals surface area (Å²) >= 11 is 1.82. The smallest absolute Gasteiger partial charge is 0.117 e. The van der Waals surface area contributed by atoms with Gasteiger partial charge in [0.25, 0.3) is 0 Å². The summed E-state index contributed by atoms with van der Waals surface area (Å²) < 4.78 is 5.68. The van der Waals surface area contributed by atoms with Gasteiger partial charge in [0, 0.05) is 23.3 Å². The third-order valence-corrected chi connectivity index (χ3v) is 4.36. The highest BCUT2D eigenvalue weighted by Gasteiger charge is 2.21. The molecule has 2 rings (SSSR count). The highest BCUT2D eigenvalue weighted by Crippen LogP contribution is 2.26. The van der Waals surface area contributed by atoms with Gasteiger partial charge in [-0.05, 0) is 23.6 Å². The zero-order valence-electron chi connectivity index (χ0n) is 11.3. The van der Waals surface area contributed by atoms with E-state index in [0.29, 0.717) is 0 Å². The van der Waals surface area contributed by atoms with Crippen LogP contribution in [-0.4, -0.2) is 6.54 Å². The van der Waals surface area contributed by atoms with E-state index in [4.69, 9.17) is 4.42 Å². The van der Waals surface area contributed by atoms with Gasteiger partial charge in [-0.15, -0.1) is 11.3 Å². The molecule has 0 atom stereocenters. The first-order valence-corrected chi connectivity index (χ1v) is 7.32. The molecule has 0 saturated carbocycles. The lowest BCUT2D eigenvalue weighted by Gasteiger charge is -2.23. The van der Waals surface area contributed by atoms with E-state index in [0.717, 1.165) is 31.0 Å². The van der Waals surface area contributed by atoms with Crippen LogP contribution in [0, 0.1) is 0 Å². The zero-order valence-corrected chi connectivity index (χ0v) is 12.1. The molecule has 0 saturated heterocycles. The van der Waals surface area contributed by atoms with Crippen LogP contribution in [0.3, 0.4) is 0 Å². The Morgan fingerprint density at radius 1 is 1.22 bits per heavy atom. The lowest BCUT2D eigenvalue weighted by molar-refractivity contribution is 0.421. The van der Waals surface area contributed by atoms with Gasteiger partial charge in [0.2, 0.25) is 0 Å². The van der Waals surface area contributed by atoms with Crippen molar-refractivity contribution in [2.45, 2.75) is 39.2 Å². The first-order chi connectivity index (χ1) is 8.62. The monoisotopic (exact) mass is 263 g/mol. The maximum Gasteiger partial charge on any atom is 0.117 e. The second-order valence-corrected chi connectivity index (χ2v) is 6.13. The Morgan fingerprint density at radius 3 is 2.61 bits per heavy atom. The molecule has 0 aliphatic carbocycles. The molecular weight excluding hydrogens is 242 g/mol. The molecule has 2 heterocycles. The predicted octanol–water partition coefficient (Wildman–Crippen LogP) is 3.97. The molecule has 2 aromatic heterocycles. The van der Waals surface area contributed by atoms with Crippen LogP contribution < -0.4 is 5.32 Å². The molecule has 0 unspecified atom stereocenters. The van der Waals surface area contributed by atoms with Crippen LogP contribution in [0.1, 0.15) is 37.2 Å². The third-order valence-electron chi connectivity index (χ3n) is 3.12. The van der Waals surface area contributed by atoms with Gasteiger partial charge in [0.15, 0.2) is 0 Å². The Balaban J connectivity index is 1.85. The molecule has 2 aromatic rings. The lowest BCUT2D eigenvalue weighted by atomic mass is 9.91. The summed E-state index contributed by atoms with van der Waals surface area (Å²) in [6.45, 7) is 8.40. The van der Waals surface area contributed by atoms with Gasteiger partial charge in [-0.25, -0.2) is 0 Å². The topological polar surface area (TPSA) is 25.2 Å². The van der Waals surface area contributed by atoms with Gasteiger partial charge < -0.3 is 9.73 Å². The van der Waals surface area contributed by atoms with Crippen molar-refractivity contribution < 1.29 is 4.42 Å². The predicted molar refractivity (Wildman–Crippen MR) is 77.1 cm³/mol. The molecule has 3 heteroatoms. The largest absolute Gasteiger partial charge is 0.465 e. The number of nitrogens with one attached hydrogen (secondary N) is 1. The summed E-state index contributed by atoms with van der Waals surface area (Å²) in [6, 6.07) is 8.43. The first kappa shape index (κ1) is 13.4. The normalized spacial score (nSPS) is 11.9. The molecule has 0 radical (unpaired) electrons. The minimum absolute atomic E-state index is 0.175. The van der Waals surface area contributed by atoms with Gasteiger partial charge in [-0.2, -0.15) is 0 Å². The van der Waals surface area contributed by atoms with Crippen molar-refractivity contribution >= 4 is 11.3 Å². The number of thiophene rings is 1. The van der Waals surface area contributed by atoms with Crippen molar-refractivity contribution in [3.63, 3.8) is 0 Å². The van der Waals surface area contributed by atoms with Crippen molar-refractivity contribution in [3.8, 4) is 0 Å². The van der Waals surface area contributed by atoms with Crippen LogP contribution in [0.5, 0.6) is 0 Å². The van der Waals surface area contributed by atoms with Crippen LogP contribution in [0.25, 0.3) is 0 Å².